The summed E-state index contributed by atoms with van der Waals surface area (Å²) >= 11 is 12.0. The Kier molecular flexibility index (Phi) is 7.73. The maximum atomic E-state index is 12.9. The number of aliphatic hydroxyl groups is 1. The standard InChI is InChI=1S/C26H28Cl2N4O2/c1-32(12-13-33)17-26(10-11-26)19-4-2-18(3-5-19)15-29-23-8-6-20(27)14-22(23)25(34)31-24-9-7-21(28)16-30-24/h2-9,14,16,29,33H,10-13,15,17H2,1H3,(H,30,31,34). The Morgan fingerprint density at radius 2 is 1.82 bits per heavy atom. The van der Waals surface area contributed by atoms with Crippen LogP contribution in [0.4, 0.5) is 11.5 Å². The van der Waals surface area contributed by atoms with Crippen LogP contribution >= 0.6 is 23.2 Å². The third kappa shape index (κ3) is 6.07. The molecule has 1 aliphatic carbocycles. The van der Waals surface area contributed by atoms with Gasteiger partial charge in [0, 0.05) is 42.0 Å². The molecule has 1 saturated carbocycles. The van der Waals surface area contributed by atoms with Gasteiger partial charge in [-0.3, -0.25) is 4.79 Å². The van der Waals surface area contributed by atoms with Crippen molar-refractivity contribution in [3.8, 4) is 0 Å². The molecule has 3 aromatic rings. The number of rotatable bonds is 10. The van der Waals surface area contributed by atoms with Gasteiger partial charge in [-0.05, 0) is 61.3 Å². The fraction of sp³-hybridized carbons (Fsp3) is 0.308. The lowest BCUT2D eigenvalue weighted by Gasteiger charge is -2.23. The van der Waals surface area contributed by atoms with E-state index in [0.29, 0.717) is 40.2 Å². The number of aliphatic hydroxyl groups excluding tert-OH is 1. The molecule has 0 spiro atoms. The number of nitrogens with one attached hydrogen (secondary N) is 2. The molecular weight excluding hydrogens is 471 g/mol. The maximum absolute atomic E-state index is 12.9. The zero-order chi connectivity index (χ0) is 24.1. The van der Waals surface area contributed by atoms with Gasteiger partial charge in [0.05, 0.1) is 17.2 Å². The molecule has 6 nitrogen and oxygen atoms in total. The van der Waals surface area contributed by atoms with E-state index in [4.69, 9.17) is 23.2 Å². The largest absolute Gasteiger partial charge is 0.395 e. The lowest BCUT2D eigenvalue weighted by Crippen LogP contribution is -2.31. The second kappa shape index (κ2) is 10.7. The number of amides is 1. The Morgan fingerprint density at radius 1 is 1.09 bits per heavy atom. The number of hydrogen-bond donors (Lipinski definition) is 3. The van der Waals surface area contributed by atoms with E-state index in [1.54, 1.807) is 30.3 Å². The minimum absolute atomic E-state index is 0.179. The van der Waals surface area contributed by atoms with E-state index in [1.165, 1.54) is 24.6 Å². The van der Waals surface area contributed by atoms with Crippen LogP contribution in [-0.4, -0.2) is 47.6 Å². The number of pyridine rings is 1. The van der Waals surface area contributed by atoms with Gasteiger partial charge in [-0.25, -0.2) is 4.98 Å². The van der Waals surface area contributed by atoms with Gasteiger partial charge in [0.2, 0.25) is 0 Å². The Labute approximate surface area is 209 Å². The molecule has 3 N–H and O–H groups in total. The van der Waals surface area contributed by atoms with Gasteiger partial charge in [0.25, 0.3) is 5.91 Å². The molecule has 34 heavy (non-hydrogen) atoms. The first kappa shape index (κ1) is 24.5. The quantitative estimate of drug-likeness (QED) is 0.357. The average Bonchev–Trinajstić information content (AvgIpc) is 3.60. The summed E-state index contributed by atoms with van der Waals surface area (Å²) in [4.78, 5) is 19.2. The Morgan fingerprint density at radius 3 is 2.47 bits per heavy atom. The van der Waals surface area contributed by atoms with Gasteiger partial charge in [-0.2, -0.15) is 0 Å². The van der Waals surface area contributed by atoms with Crippen molar-refractivity contribution in [1.29, 1.82) is 0 Å². The number of benzene rings is 2. The van der Waals surface area contributed by atoms with Gasteiger partial charge in [0.1, 0.15) is 5.82 Å². The molecule has 2 aromatic carbocycles. The Hall–Kier alpha value is -2.64. The summed E-state index contributed by atoms with van der Waals surface area (Å²) in [6.45, 7) is 2.39. The third-order valence-corrected chi connectivity index (χ3v) is 6.61. The first-order valence-electron chi connectivity index (χ1n) is 11.2. The van der Waals surface area contributed by atoms with Crippen LogP contribution in [0.5, 0.6) is 0 Å². The number of anilines is 2. The molecule has 1 heterocycles. The van der Waals surface area contributed by atoms with Crippen molar-refractivity contribution in [1.82, 2.24) is 9.88 Å². The van der Waals surface area contributed by atoms with Crippen LogP contribution in [0.25, 0.3) is 0 Å². The minimum Gasteiger partial charge on any atom is -0.395 e. The average molecular weight is 499 g/mol. The van der Waals surface area contributed by atoms with E-state index in [9.17, 15) is 9.90 Å². The number of aromatic nitrogens is 1. The molecule has 1 fully saturated rings. The molecule has 1 aromatic heterocycles. The molecule has 0 radical (unpaired) electrons. The van der Waals surface area contributed by atoms with Crippen molar-refractivity contribution in [3.05, 3.63) is 87.5 Å². The molecule has 1 amide bonds. The highest BCUT2D eigenvalue weighted by atomic mass is 35.5. The molecular formula is C26H28Cl2N4O2. The molecule has 0 bridgehead atoms. The lowest BCUT2D eigenvalue weighted by atomic mass is 9.94. The first-order chi connectivity index (χ1) is 16.4. The number of likely N-dealkylation sites (N-methyl/N-ethyl adjacent to an activating group) is 1. The predicted octanol–water partition coefficient (Wildman–Crippen LogP) is 5.21. The van der Waals surface area contributed by atoms with Crippen molar-refractivity contribution in [2.45, 2.75) is 24.8 Å². The van der Waals surface area contributed by atoms with E-state index in [2.05, 4.69) is 51.8 Å². The van der Waals surface area contributed by atoms with Crippen LogP contribution in [0, 0.1) is 0 Å². The van der Waals surface area contributed by atoms with E-state index >= 15 is 0 Å². The van der Waals surface area contributed by atoms with E-state index in [-0.39, 0.29) is 17.9 Å². The van der Waals surface area contributed by atoms with Crippen molar-refractivity contribution >= 4 is 40.6 Å². The fourth-order valence-corrected chi connectivity index (χ4v) is 4.40. The summed E-state index contributed by atoms with van der Waals surface area (Å²) in [5, 5.41) is 16.3. The second-order valence-electron chi connectivity index (χ2n) is 8.80. The van der Waals surface area contributed by atoms with Gasteiger partial charge in [-0.15, -0.1) is 0 Å². The zero-order valence-electron chi connectivity index (χ0n) is 19.0. The van der Waals surface area contributed by atoms with Crippen molar-refractivity contribution in [2.24, 2.45) is 0 Å². The summed E-state index contributed by atoms with van der Waals surface area (Å²) in [5.74, 6) is 0.104. The Bertz CT molecular complexity index is 1130. The minimum atomic E-state index is -0.308. The van der Waals surface area contributed by atoms with Gasteiger partial charge in [0.15, 0.2) is 0 Å². The fourth-order valence-electron chi connectivity index (χ4n) is 4.12. The van der Waals surface area contributed by atoms with Crippen LogP contribution in [0.15, 0.2) is 60.8 Å². The van der Waals surface area contributed by atoms with Gasteiger partial charge < -0.3 is 20.6 Å². The summed E-state index contributed by atoms with van der Waals surface area (Å²) in [6.07, 6.45) is 3.83. The van der Waals surface area contributed by atoms with Crippen LogP contribution in [0.3, 0.4) is 0 Å². The zero-order valence-corrected chi connectivity index (χ0v) is 20.5. The number of carbonyl (C=O) groups excluding carboxylic acids is 1. The van der Waals surface area contributed by atoms with Gasteiger partial charge in [-0.1, -0.05) is 47.5 Å². The van der Waals surface area contributed by atoms with Crippen molar-refractivity contribution in [3.63, 3.8) is 0 Å². The van der Waals surface area contributed by atoms with Crippen molar-refractivity contribution in [2.75, 3.05) is 37.4 Å². The molecule has 0 unspecified atom stereocenters. The molecule has 0 atom stereocenters. The molecule has 8 heteroatoms. The van der Waals surface area contributed by atoms with Crippen LogP contribution < -0.4 is 10.6 Å². The number of nitrogens with zero attached hydrogens (tertiary/aromatic N) is 2. The van der Waals surface area contributed by atoms with Crippen LogP contribution in [0.1, 0.15) is 34.3 Å². The van der Waals surface area contributed by atoms with Crippen LogP contribution in [-0.2, 0) is 12.0 Å². The molecule has 178 valence electrons. The monoisotopic (exact) mass is 498 g/mol. The molecule has 1 aliphatic rings. The summed E-state index contributed by atoms with van der Waals surface area (Å²) < 4.78 is 0. The normalized spacial score (nSPS) is 14.1. The van der Waals surface area contributed by atoms with E-state index < -0.39 is 0 Å². The highest BCUT2D eigenvalue weighted by Gasteiger charge is 2.44. The highest BCUT2D eigenvalue weighted by Crippen LogP contribution is 2.48. The molecule has 0 aliphatic heterocycles. The highest BCUT2D eigenvalue weighted by molar-refractivity contribution is 6.31. The second-order valence-corrected chi connectivity index (χ2v) is 9.67. The SMILES string of the molecule is CN(CCO)CC1(c2ccc(CNc3ccc(Cl)cc3C(=O)Nc3ccc(Cl)cn3)cc2)CC1. The molecule has 4 rings (SSSR count). The molecule has 0 saturated heterocycles. The topological polar surface area (TPSA) is 77.5 Å². The smallest absolute Gasteiger partial charge is 0.258 e. The summed E-state index contributed by atoms with van der Waals surface area (Å²) in [7, 11) is 2.05. The van der Waals surface area contributed by atoms with E-state index in [1.807, 2.05) is 0 Å². The maximum Gasteiger partial charge on any atom is 0.258 e. The first-order valence-corrected chi connectivity index (χ1v) is 12.0. The van der Waals surface area contributed by atoms with Crippen molar-refractivity contribution < 1.29 is 9.90 Å². The number of hydrogen-bond acceptors (Lipinski definition) is 5. The predicted molar refractivity (Wildman–Crippen MR) is 138 cm³/mol. The summed E-state index contributed by atoms with van der Waals surface area (Å²) in [6, 6.07) is 17.1. The number of halogens is 2. The lowest BCUT2D eigenvalue weighted by molar-refractivity contribution is 0.102. The third-order valence-electron chi connectivity index (χ3n) is 6.15. The Balaban J connectivity index is 1.42. The number of carbonyl (C=O) groups is 1. The summed E-state index contributed by atoms with van der Waals surface area (Å²) in [5.41, 5.74) is 3.77. The van der Waals surface area contributed by atoms with E-state index in [0.717, 1.165) is 12.1 Å². The van der Waals surface area contributed by atoms with Gasteiger partial charge >= 0.3 is 0 Å². The van der Waals surface area contributed by atoms with Crippen LogP contribution in [0.2, 0.25) is 10.0 Å².